The van der Waals surface area contributed by atoms with Crippen LogP contribution >= 0.6 is 23.2 Å². The van der Waals surface area contributed by atoms with Crippen molar-refractivity contribution in [2.45, 2.75) is 20.8 Å². The van der Waals surface area contributed by atoms with Crippen molar-refractivity contribution in [2.24, 2.45) is 0 Å². The SMILES string of the molecule is CCOC(=O)c1[nH]c(C)c(C(=O)C=Cc2cccc(Cl)c2Cl)c1C. The second-order valence-electron chi connectivity index (χ2n) is 5.19. The molecular formula is C18H17Cl2NO3. The molecule has 126 valence electrons. The van der Waals surface area contributed by atoms with Crippen LogP contribution in [0.5, 0.6) is 0 Å². The molecule has 0 unspecified atom stereocenters. The smallest absolute Gasteiger partial charge is 0.355 e. The fraction of sp³-hybridized carbons (Fsp3) is 0.222. The van der Waals surface area contributed by atoms with E-state index in [4.69, 9.17) is 27.9 Å². The van der Waals surface area contributed by atoms with Gasteiger partial charge in [0.1, 0.15) is 5.69 Å². The Morgan fingerprint density at radius 2 is 1.96 bits per heavy atom. The van der Waals surface area contributed by atoms with Crippen LogP contribution in [0.25, 0.3) is 6.08 Å². The first-order valence-electron chi connectivity index (χ1n) is 7.39. The average Bonchev–Trinajstić information content (AvgIpc) is 2.83. The number of nitrogens with one attached hydrogen (secondary N) is 1. The van der Waals surface area contributed by atoms with Gasteiger partial charge < -0.3 is 9.72 Å². The summed E-state index contributed by atoms with van der Waals surface area (Å²) in [5.41, 5.74) is 2.58. The number of hydrogen-bond acceptors (Lipinski definition) is 3. The summed E-state index contributed by atoms with van der Waals surface area (Å²) in [5.74, 6) is -0.702. The number of esters is 1. The van der Waals surface area contributed by atoms with Gasteiger partial charge in [-0.25, -0.2) is 4.79 Å². The quantitative estimate of drug-likeness (QED) is 0.460. The van der Waals surface area contributed by atoms with E-state index in [2.05, 4.69) is 4.98 Å². The van der Waals surface area contributed by atoms with E-state index in [1.807, 2.05) is 0 Å². The maximum Gasteiger partial charge on any atom is 0.355 e. The average molecular weight is 366 g/mol. The number of aromatic nitrogens is 1. The summed E-state index contributed by atoms with van der Waals surface area (Å²) in [6.45, 7) is 5.45. The van der Waals surface area contributed by atoms with Crippen molar-refractivity contribution in [1.82, 2.24) is 4.98 Å². The Hall–Kier alpha value is -2.04. The molecule has 1 aromatic carbocycles. The van der Waals surface area contributed by atoms with Crippen molar-refractivity contribution in [3.8, 4) is 0 Å². The number of ether oxygens (including phenoxy) is 1. The molecule has 0 saturated carbocycles. The van der Waals surface area contributed by atoms with E-state index in [1.54, 1.807) is 45.0 Å². The van der Waals surface area contributed by atoms with Crippen LogP contribution in [-0.4, -0.2) is 23.3 Å². The van der Waals surface area contributed by atoms with E-state index in [0.29, 0.717) is 38.1 Å². The van der Waals surface area contributed by atoms with Gasteiger partial charge in [-0.15, -0.1) is 0 Å². The zero-order valence-corrected chi connectivity index (χ0v) is 15.1. The predicted octanol–water partition coefficient (Wildman–Crippen LogP) is 5.01. The number of H-pyrrole nitrogens is 1. The highest BCUT2D eigenvalue weighted by molar-refractivity contribution is 6.42. The molecule has 1 heterocycles. The Morgan fingerprint density at radius 3 is 2.62 bits per heavy atom. The van der Waals surface area contributed by atoms with E-state index < -0.39 is 5.97 Å². The first-order chi connectivity index (χ1) is 11.4. The van der Waals surface area contributed by atoms with Crippen LogP contribution < -0.4 is 0 Å². The summed E-state index contributed by atoms with van der Waals surface area (Å²) in [7, 11) is 0. The van der Waals surface area contributed by atoms with Crippen LogP contribution in [0.15, 0.2) is 24.3 Å². The second-order valence-corrected chi connectivity index (χ2v) is 5.97. The number of aryl methyl sites for hydroxylation is 1. The largest absolute Gasteiger partial charge is 0.461 e. The molecule has 2 aromatic rings. The van der Waals surface area contributed by atoms with Crippen molar-refractivity contribution in [3.05, 3.63) is 62.4 Å². The van der Waals surface area contributed by atoms with Gasteiger partial charge in [0.15, 0.2) is 5.78 Å². The molecule has 4 nitrogen and oxygen atoms in total. The highest BCUT2D eigenvalue weighted by Crippen LogP contribution is 2.27. The number of carbonyl (C=O) groups excluding carboxylic acids is 2. The zero-order chi connectivity index (χ0) is 17.9. The van der Waals surface area contributed by atoms with Gasteiger partial charge in [0, 0.05) is 11.3 Å². The third-order valence-electron chi connectivity index (χ3n) is 3.56. The number of halogens is 2. The fourth-order valence-electron chi connectivity index (χ4n) is 2.42. The Morgan fingerprint density at radius 1 is 1.25 bits per heavy atom. The fourth-order valence-corrected chi connectivity index (χ4v) is 2.80. The van der Waals surface area contributed by atoms with Gasteiger partial charge in [0.2, 0.25) is 0 Å². The van der Waals surface area contributed by atoms with E-state index in [1.165, 1.54) is 6.08 Å². The lowest BCUT2D eigenvalue weighted by molar-refractivity contribution is 0.0519. The minimum absolute atomic E-state index is 0.229. The number of benzene rings is 1. The van der Waals surface area contributed by atoms with Crippen molar-refractivity contribution >= 4 is 41.0 Å². The Labute approximate surface area is 150 Å². The highest BCUT2D eigenvalue weighted by Gasteiger charge is 2.21. The summed E-state index contributed by atoms with van der Waals surface area (Å²) >= 11 is 12.1. The zero-order valence-electron chi connectivity index (χ0n) is 13.6. The number of carbonyl (C=O) groups is 2. The maximum absolute atomic E-state index is 12.5. The first-order valence-corrected chi connectivity index (χ1v) is 8.15. The first kappa shape index (κ1) is 18.3. The van der Waals surface area contributed by atoms with Crippen molar-refractivity contribution in [3.63, 3.8) is 0 Å². The van der Waals surface area contributed by atoms with Crippen LogP contribution in [0.4, 0.5) is 0 Å². The Bertz CT molecular complexity index is 822. The van der Waals surface area contributed by atoms with Gasteiger partial charge in [-0.2, -0.15) is 0 Å². The number of rotatable bonds is 5. The van der Waals surface area contributed by atoms with Gasteiger partial charge in [0.25, 0.3) is 0 Å². The molecule has 0 atom stereocenters. The second kappa shape index (κ2) is 7.69. The number of ketones is 1. The van der Waals surface area contributed by atoms with Gasteiger partial charge in [-0.1, -0.05) is 35.3 Å². The molecule has 2 rings (SSSR count). The van der Waals surface area contributed by atoms with Gasteiger partial charge in [-0.3, -0.25) is 4.79 Å². The molecular weight excluding hydrogens is 349 g/mol. The lowest BCUT2D eigenvalue weighted by Gasteiger charge is -2.01. The molecule has 1 N–H and O–H groups in total. The van der Waals surface area contributed by atoms with Crippen molar-refractivity contribution < 1.29 is 14.3 Å². The molecule has 6 heteroatoms. The normalized spacial score (nSPS) is 11.0. The minimum Gasteiger partial charge on any atom is -0.461 e. The van der Waals surface area contributed by atoms with Crippen LogP contribution in [0, 0.1) is 13.8 Å². The van der Waals surface area contributed by atoms with E-state index >= 15 is 0 Å². The Kier molecular flexibility index (Phi) is 5.86. The molecule has 0 bridgehead atoms. The molecule has 0 radical (unpaired) electrons. The van der Waals surface area contributed by atoms with Crippen LogP contribution in [0.3, 0.4) is 0 Å². The Balaban J connectivity index is 2.32. The predicted molar refractivity (Wildman–Crippen MR) is 96.0 cm³/mol. The number of allylic oxidation sites excluding steroid dienone is 1. The van der Waals surface area contributed by atoms with E-state index in [9.17, 15) is 9.59 Å². The number of aromatic amines is 1. The third-order valence-corrected chi connectivity index (χ3v) is 4.39. The minimum atomic E-state index is -0.473. The summed E-state index contributed by atoms with van der Waals surface area (Å²) in [5, 5.41) is 0.808. The van der Waals surface area contributed by atoms with Gasteiger partial charge in [0.05, 0.1) is 16.7 Å². The maximum atomic E-state index is 12.5. The lowest BCUT2D eigenvalue weighted by Crippen LogP contribution is -2.07. The molecule has 0 aliphatic rings. The molecule has 24 heavy (non-hydrogen) atoms. The van der Waals surface area contributed by atoms with Crippen molar-refractivity contribution in [2.75, 3.05) is 6.61 Å². The summed E-state index contributed by atoms with van der Waals surface area (Å²) in [6, 6.07) is 5.19. The summed E-state index contributed by atoms with van der Waals surface area (Å²) < 4.78 is 4.98. The molecule has 0 fully saturated rings. The molecule has 0 saturated heterocycles. The summed E-state index contributed by atoms with van der Waals surface area (Å²) in [6.07, 6.45) is 3.02. The molecule has 0 aliphatic carbocycles. The van der Waals surface area contributed by atoms with Gasteiger partial charge in [-0.05, 0) is 50.1 Å². The van der Waals surface area contributed by atoms with Gasteiger partial charge >= 0.3 is 5.97 Å². The lowest BCUT2D eigenvalue weighted by atomic mass is 10.0. The van der Waals surface area contributed by atoms with E-state index in [-0.39, 0.29) is 12.4 Å². The van der Waals surface area contributed by atoms with Crippen LogP contribution in [0.1, 0.15) is 44.6 Å². The summed E-state index contributed by atoms with van der Waals surface area (Å²) in [4.78, 5) is 27.3. The van der Waals surface area contributed by atoms with Crippen molar-refractivity contribution in [1.29, 1.82) is 0 Å². The standard InChI is InChI=1S/C18H17Cl2NO3/c1-4-24-18(23)17-10(2)15(11(3)21-17)14(22)9-8-12-6-5-7-13(19)16(12)20/h5-9,21H,4H2,1-3H3. The molecule has 0 aliphatic heterocycles. The highest BCUT2D eigenvalue weighted by atomic mass is 35.5. The monoisotopic (exact) mass is 365 g/mol. The topological polar surface area (TPSA) is 59.2 Å². The molecule has 0 amide bonds. The third kappa shape index (κ3) is 3.71. The number of hydrogen-bond donors (Lipinski definition) is 1. The molecule has 1 aromatic heterocycles. The van der Waals surface area contributed by atoms with Crippen LogP contribution in [-0.2, 0) is 4.74 Å². The van der Waals surface area contributed by atoms with E-state index in [0.717, 1.165) is 0 Å². The van der Waals surface area contributed by atoms with Crippen LogP contribution in [0.2, 0.25) is 10.0 Å². The molecule has 0 spiro atoms.